The van der Waals surface area contributed by atoms with Crippen LogP contribution in [0.4, 0.5) is 0 Å². The molecule has 0 spiro atoms. The van der Waals surface area contributed by atoms with E-state index in [9.17, 15) is 0 Å². The highest BCUT2D eigenvalue weighted by molar-refractivity contribution is 7.39. The fourth-order valence-corrected chi connectivity index (χ4v) is 3.37. The molecule has 1 heteroatoms. The summed E-state index contributed by atoms with van der Waals surface area (Å²) < 4.78 is 0. The van der Waals surface area contributed by atoms with Crippen LogP contribution in [0.1, 0.15) is 61.8 Å². The zero-order chi connectivity index (χ0) is 11.6. The van der Waals surface area contributed by atoms with Crippen LogP contribution in [0, 0.1) is 10.8 Å². The lowest BCUT2D eigenvalue weighted by molar-refractivity contribution is 0.369. The Morgan fingerprint density at radius 3 is 1.57 bits per heavy atom. The number of rotatable bonds is 3. The van der Waals surface area contributed by atoms with Crippen LogP contribution in [-0.4, -0.2) is 11.3 Å². The van der Waals surface area contributed by atoms with Gasteiger partial charge in [0.15, 0.2) is 0 Å². The molecule has 0 fully saturated rings. The zero-order valence-electron chi connectivity index (χ0n) is 11.4. The Hall–Kier alpha value is 0.430. The smallest absolute Gasteiger partial charge is 0.0188 e. The summed E-state index contributed by atoms with van der Waals surface area (Å²) >= 11 is 0. The van der Waals surface area contributed by atoms with Gasteiger partial charge in [0.2, 0.25) is 0 Å². The molecule has 0 aromatic heterocycles. The fraction of sp³-hybridized carbons (Fsp3) is 1.00. The molecule has 0 nitrogen and oxygen atoms in total. The molecule has 0 bridgehead atoms. The topological polar surface area (TPSA) is 0 Å². The predicted molar refractivity (Wildman–Crippen MR) is 70.8 cm³/mol. The molecule has 0 N–H and O–H groups in total. The summed E-state index contributed by atoms with van der Waals surface area (Å²) in [4.78, 5) is 0. The Balaban J connectivity index is 4.34. The predicted octanol–water partition coefficient (Wildman–Crippen LogP) is 4.92. The van der Waals surface area contributed by atoms with Gasteiger partial charge in [-0.15, -0.1) is 8.58 Å². The molecule has 0 heterocycles. The van der Waals surface area contributed by atoms with Gasteiger partial charge in [-0.2, -0.15) is 0 Å². The lowest BCUT2D eigenvalue weighted by Gasteiger charge is -2.36. The third-order valence-electron chi connectivity index (χ3n) is 3.20. The average Bonchev–Trinajstić information content (AvgIpc) is 1.95. The summed E-state index contributed by atoms with van der Waals surface area (Å²) in [7, 11) is 1.10. The maximum absolute atomic E-state index is 2.41. The normalized spacial score (nSPS) is 18.9. The minimum Gasteiger partial charge on any atom is -0.115 e. The quantitative estimate of drug-likeness (QED) is 0.587. The van der Waals surface area contributed by atoms with Gasteiger partial charge in [-0.3, -0.25) is 0 Å². The van der Waals surface area contributed by atoms with Gasteiger partial charge in [0.1, 0.15) is 0 Å². The van der Waals surface area contributed by atoms with E-state index in [4.69, 9.17) is 0 Å². The summed E-state index contributed by atoms with van der Waals surface area (Å²) in [6.45, 7) is 19.0. The van der Waals surface area contributed by atoms with Gasteiger partial charge in [-0.25, -0.2) is 0 Å². The molecule has 3 atom stereocenters. The van der Waals surface area contributed by atoms with E-state index in [1.807, 2.05) is 0 Å². The lowest BCUT2D eigenvalue weighted by Crippen LogP contribution is -2.27. The molecule has 0 rings (SSSR count). The lowest BCUT2D eigenvalue weighted by atomic mass is 9.90. The molecule has 86 valence electrons. The van der Waals surface area contributed by atoms with E-state index < -0.39 is 0 Å². The third kappa shape index (κ3) is 4.78. The SMILES string of the molecule is CCC(PC(C)C(C)(C)C)C(C)(C)C. The molecule has 0 saturated carbocycles. The molecule has 0 aromatic carbocycles. The molecule has 0 aliphatic carbocycles. The average molecular weight is 216 g/mol. The van der Waals surface area contributed by atoms with Crippen LogP contribution in [0.3, 0.4) is 0 Å². The minimum atomic E-state index is 0.469. The third-order valence-corrected chi connectivity index (χ3v) is 6.25. The van der Waals surface area contributed by atoms with Crippen LogP contribution in [0.15, 0.2) is 0 Å². The second-order valence-corrected chi connectivity index (χ2v) is 8.48. The van der Waals surface area contributed by atoms with E-state index in [1.165, 1.54) is 6.42 Å². The van der Waals surface area contributed by atoms with Gasteiger partial charge in [0, 0.05) is 0 Å². The highest BCUT2D eigenvalue weighted by atomic mass is 31.1. The molecule has 0 aliphatic rings. The van der Waals surface area contributed by atoms with Crippen LogP contribution < -0.4 is 0 Å². The van der Waals surface area contributed by atoms with E-state index in [0.29, 0.717) is 10.8 Å². The first kappa shape index (κ1) is 14.4. The Bertz CT molecular complexity index is 159. The van der Waals surface area contributed by atoms with E-state index in [1.54, 1.807) is 0 Å². The van der Waals surface area contributed by atoms with Crippen molar-refractivity contribution in [2.24, 2.45) is 10.8 Å². The Labute approximate surface area is 93.0 Å². The van der Waals surface area contributed by atoms with Crippen molar-refractivity contribution >= 4 is 8.58 Å². The Kier molecular flexibility index (Phi) is 5.12. The van der Waals surface area contributed by atoms with E-state index in [2.05, 4.69) is 55.4 Å². The molecule has 14 heavy (non-hydrogen) atoms. The van der Waals surface area contributed by atoms with Crippen LogP contribution in [0.2, 0.25) is 0 Å². The van der Waals surface area contributed by atoms with Crippen LogP contribution >= 0.6 is 8.58 Å². The first-order valence-electron chi connectivity index (χ1n) is 5.85. The maximum Gasteiger partial charge on any atom is -0.0188 e. The minimum absolute atomic E-state index is 0.469. The Morgan fingerprint density at radius 1 is 0.929 bits per heavy atom. The van der Waals surface area contributed by atoms with E-state index >= 15 is 0 Å². The molecule has 3 unspecified atom stereocenters. The largest absolute Gasteiger partial charge is 0.115 e. The van der Waals surface area contributed by atoms with Gasteiger partial charge < -0.3 is 0 Å². The van der Waals surface area contributed by atoms with E-state index in [-0.39, 0.29) is 0 Å². The van der Waals surface area contributed by atoms with Gasteiger partial charge in [-0.1, -0.05) is 55.4 Å². The summed E-state index contributed by atoms with van der Waals surface area (Å²) in [5.41, 5.74) is 2.67. The molecular formula is C13H29P. The van der Waals surface area contributed by atoms with Crippen molar-refractivity contribution < 1.29 is 0 Å². The zero-order valence-corrected chi connectivity index (χ0v) is 12.4. The summed E-state index contributed by atoms with van der Waals surface area (Å²) in [6, 6.07) is 0. The van der Waals surface area contributed by atoms with E-state index in [0.717, 1.165) is 19.9 Å². The second-order valence-electron chi connectivity index (χ2n) is 6.58. The number of hydrogen-bond acceptors (Lipinski definition) is 0. The highest BCUT2D eigenvalue weighted by Gasteiger charge is 2.28. The summed E-state index contributed by atoms with van der Waals surface area (Å²) in [6.07, 6.45) is 1.32. The van der Waals surface area contributed by atoms with Gasteiger partial charge >= 0.3 is 0 Å². The van der Waals surface area contributed by atoms with Gasteiger partial charge in [-0.05, 0) is 28.6 Å². The van der Waals surface area contributed by atoms with Crippen molar-refractivity contribution in [3.8, 4) is 0 Å². The fourth-order valence-electron chi connectivity index (χ4n) is 1.53. The van der Waals surface area contributed by atoms with Crippen LogP contribution in [0.25, 0.3) is 0 Å². The van der Waals surface area contributed by atoms with Crippen molar-refractivity contribution in [1.82, 2.24) is 0 Å². The van der Waals surface area contributed by atoms with Crippen molar-refractivity contribution in [3.05, 3.63) is 0 Å². The number of hydrogen-bond donors (Lipinski definition) is 0. The van der Waals surface area contributed by atoms with Crippen molar-refractivity contribution in [1.29, 1.82) is 0 Å². The first-order chi connectivity index (χ1) is 6.09. The molecule has 0 saturated heterocycles. The van der Waals surface area contributed by atoms with Crippen LogP contribution in [-0.2, 0) is 0 Å². The molecule has 0 radical (unpaired) electrons. The summed E-state index contributed by atoms with van der Waals surface area (Å²) in [5.74, 6) is 0. The summed E-state index contributed by atoms with van der Waals surface area (Å²) in [5, 5.41) is 0. The van der Waals surface area contributed by atoms with Crippen molar-refractivity contribution in [2.45, 2.75) is 73.1 Å². The van der Waals surface area contributed by atoms with Crippen LogP contribution in [0.5, 0.6) is 0 Å². The first-order valence-corrected chi connectivity index (χ1v) is 7.00. The standard InChI is InChI=1S/C13H29P/c1-9-11(13(6,7)8)14-10(2)12(3,4)5/h10-11,14H,9H2,1-8H3. The monoisotopic (exact) mass is 216 g/mol. The Morgan fingerprint density at radius 2 is 1.36 bits per heavy atom. The van der Waals surface area contributed by atoms with Gasteiger partial charge in [0.25, 0.3) is 0 Å². The molecule has 0 aromatic rings. The van der Waals surface area contributed by atoms with Crippen molar-refractivity contribution in [3.63, 3.8) is 0 Å². The second kappa shape index (κ2) is 4.97. The van der Waals surface area contributed by atoms with Crippen molar-refractivity contribution in [2.75, 3.05) is 0 Å². The molecule has 0 amide bonds. The molecule has 0 aliphatic heterocycles. The van der Waals surface area contributed by atoms with Gasteiger partial charge in [0.05, 0.1) is 0 Å². The molecular weight excluding hydrogens is 187 g/mol. The maximum atomic E-state index is 2.41. The highest BCUT2D eigenvalue weighted by Crippen LogP contribution is 2.45.